The molecule has 3 rings (SSSR count). The van der Waals surface area contributed by atoms with E-state index in [9.17, 15) is 9.90 Å². The number of rotatable bonds is 5. The van der Waals surface area contributed by atoms with Crippen LogP contribution in [0.4, 0.5) is 0 Å². The molecule has 25 heavy (non-hydrogen) atoms. The minimum atomic E-state index is -0.851. The van der Waals surface area contributed by atoms with E-state index in [1.165, 1.54) is 0 Å². The van der Waals surface area contributed by atoms with Crippen molar-refractivity contribution in [3.8, 4) is 11.5 Å². The molecule has 1 saturated carbocycles. The highest BCUT2D eigenvalue weighted by molar-refractivity contribution is 5.83. The first-order chi connectivity index (χ1) is 12.1. The van der Waals surface area contributed by atoms with Crippen molar-refractivity contribution in [3.05, 3.63) is 23.8 Å². The molecule has 1 heterocycles. The maximum absolute atomic E-state index is 12.2. The first-order valence-electron chi connectivity index (χ1n) is 9.33. The SMILES string of the molecule is COc1c(OC2CCN(C)CC2)cccc1C1(C(=O)O)CCCCC1. The summed E-state index contributed by atoms with van der Waals surface area (Å²) in [4.78, 5) is 14.5. The molecule has 0 radical (unpaired) electrons. The Morgan fingerprint density at radius 3 is 2.48 bits per heavy atom. The zero-order chi connectivity index (χ0) is 17.9. The molecule has 1 aromatic rings. The molecule has 1 N–H and O–H groups in total. The molecule has 0 bridgehead atoms. The number of carboxylic acid groups (broad SMARTS) is 1. The van der Waals surface area contributed by atoms with Gasteiger partial charge in [0.1, 0.15) is 6.10 Å². The number of methoxy groups -OCH3 is 1. The van der Waals surface area contributed by atoms with Crippen molar-refractivity contribution in [2.24, 2.45) is 0 Å². The number of para-hydroxylation sites is 1. The van der Waals surface area contributed by atoms with Gasteiger partial charge in [0.25, 0.3) is 0 Å². The number of carbonyl (C=O) groups is 1. The van der Waals surface area contributed by atoms with E-state index in [1.54, 1.807) is 7.11 Å². The zero-order valence-corrected chi connectivity index (χ0v) is 15.3. The number of carboxylic acids is 1. The normalized spacial score (nSPS) is 21.7. The summed E-state index contributed by atoms with van der Waals surface area (Å²) in [5.74, 6) is 0.536. The predicted molar refractivity (Wildman–Crippen MR) is 96.5 cm³/mol. The van der Waals surface area contributed by atoms with E-state index in [1.807, 2.05) is 18.2 Å². The highest BCUT2D eigenvalue weighted by Gasteiger charge is 2.44. The lowest BCUT2D eigenvalue weighted by atomic mass is 9.69. The van der Waals surface area contributed by atoms with Crippen molar-refractivity contribution in [1.29, 1.82) is 0 Å². The second-order valence-electron chi connectivity index (χ2n) is 7.41. The highest BCUT2D eigenvalue weighted by Crippen LogP contribution is 2.46. The van der Waals surface area contributed by atoms with Crippen LogP contribution in [0.25, 0.3) is 0 Å². The predicted octanol–water partition coefficient (Wildman–Crippen LogP) is 3.45. The Morgan fingerprint density at radius 1 is 1.20 bits per heavy atom. The highest BCUT2D eigenvalue weighted by atomic mass is 16.5. The summed E-state index contributed by atoms with van der Waals surface area (Å²) in [6.07, 6.45) is 6.43. The molecule has 0 amide bonds. The minimum Gasteiger partial charge on any atom is -0.493 e. The molecule has 5 nitrogen and oxygen atoms in total. The summed E-state index contributed by atoms with van der Waals surface area (Å²) in [5.41, 5.74) is -0.0805. The van der Waals surface area contributed by atoms with Gasteiger partial charge in [-0.1, -0.05) is 31.4 Å². The van der Waals surface area contributed by atoms with Gasteiger partial charge in [0.2, 0.25) is 0 Å². The molecule has 1 aromatic carbocycles. The third-order valence-electron chi connectivity index (χ3n) is 5.77. The Morgan fingerprint density at radius 2 is 1.88 bits per heavy atom. The molecule has 2 aliphatic rings. The average Bonchev–Trinajstić information content (AvgIpc) is 2.64. The van der Waals surface area contributed by atoms with Gasteiger partial charge in [-0.05, 0) is 38.8 Å². The average molecular weight is 347 g/mol. The van der Waals surface area contributed by atoms with E-state index >= 15 is 0 Å². The van der Waals surface area contributed by atoms with Crippen molar-refractivity contribution >= 4 is 5.97 Å². The first-order valence-corrected chi connectivity index (χ1v) is 9.33. The summed E-state index contributed by atoms with van der Waals surface area (Å²) in [5, 5.41) is 10.0. The van der Waals surface area contributed by atoms with Crippen molar-refractivity contribution in [2.75, 3.05) is 27.2 Å². The van der Waals surface area contributed by atoms with Crippen LogP contribution in [0.3, 0.4) is 0 Å². The molecule has 0 spiro atoms. The van der Waals surface area contributed by atoms with Gasteiger partial charge < -0.3 is 19.5 Å². The molecular formula is C20H29NO4. The Hall–Kier alpha value is -1.75. The lowest BCUT2D eigenvalue weighted by molar-refractivity contribution is -0.145. The van der Waals surface area contributed by atoms with Crippen LogP contribution in [0, 0.1) is 0 Å². The largest absolute Gasteiger partial charge is 0.493 e. The van der Waals surface area contributed by atoms with Crippen LogP contribution in [-0.2, 0) is 10.2 Å². The topological polar surface area (TPSA) is 59.0 Å². The summed E-state index contributed by atoms with van der Waals surface area (Å²) in [7, 11) is 3.73. The monoisotopic (exact) mass is 347 g/mol. The fourth-order valence-electron chi connectivity index (χ4n) is 4.23. The molecule has 0 atom stereocenters. The Labute approximate surface area is 149 Å². The maximum Gasteiger partial charge on any atom is 0.314 e. The summed E-state index contributed by atoms with van der Waals surface area (Å²) < 4.78 is 11.9. The van der Waals surface area contributed by atoms with E-state index in [0.29, 0.717) is 24.3 Å². The number of benzene rings is 1. The molecule has 0 unspecified atom stereocenters. The van der Waals surface area contributed by atoms with Crippen molar-refractivity contribution in [3.63, 3.8) is 0 Å². The number of aliphatic carboxylic acids is 1. The number of piperidine rings is 1. The van der Waals surface area contributed by atoms with Gasteiger partial charge in [0, 0.05) is 18.7 Å². The fraction of sp³-hybridized carbons (Fsp3) is 0.650. The van der Waals surface area contributed by atoms with Gasteiger partial charge in [0.05, 0.1) is 12.5 Å². The van der Waals surface area contributed by atoms with Crippen LogP contribution in [0.2, 0.25) is 0 Å². The van der Waals surface area contributed by atoms with E-state index in [-0.39, 0.29) is 6.10 Å². The lowest BCUT2D eigenvalue weighted by Gasteiger charge is -2.35. The smallest absolute Gasteiger partial charge is 0.314 e. The first kappa shape index (κ1) is 18.1. The molecule has 0 aromatic heterocycles. The van der Waals surface area contributed by atoms with Gasteiger partial charge in [-0.3, -0.25) is 4.79 Å². The number of likely N-dealkylation sites (tertiary alicyclic amines) is 1. The van der Waals surface area contributed by atoms with Crippen molar-refractivity contribution < 1.29 is 19.4 Å². The summed E-state index contributed by atoms with van der Waals surface area (Å²) >= 11 is 0. The number of nitrogens with zero attached hydrogens (tertiary/aromatic N) is 1. The van der Waals surface area contributed by atoms with Gasteiger partial charge >= 0.3 is 5.97 Å². The summed E-state index contributed by atoms with van der Waals surface area (Å²) in [6.45, 7) is 2.04. The number of hydrogen-bond donors (Lipinski definition) is 1. The quantitative estimate of drug-likeness (QED) is 0.884. The number of hydrogen-bond acceptors (Lipinski definition) is 4. The van der Waals surface area contributed by atoms with Crippen molar-refractivity contribution in [1.82, 2.24) is 4.90 Å². The van der Waals surface area contributed by atoms with E-state index in [2.05, 4.69) is 11.9 Å². The molecule has 2 fully saturated rings. The third-order valence-corrected chi connectivity index (χ3v) is 5.77. The van der Waals surface area contributed by atoms with E-state index in [0.717, 1.165) is 50.8 Å². The molecular weight excluding hydrogens is 318 g/mol. The van der Waals surface area contributed by atoms with Crippen LogP contribution in [0.5, 0.6) is 11.5 Å². The Balaban J connectivity index is 1.91. The Bertz CT molecular complexity index is 602. The van der Waals surface area contributed by atoms with E-state index in [4.69, 9.17) is 9.47 Å². The van der Waals surface area contributed by atoms with Crippen LogP contribution < -0.4 is 9.47 Å². The van der Waals surface area contributed by atoms with Crippen LogP contribution in [-0.4, -0.2) is 49.3 Å². The van der Waals surface area contributed by atoms with Gasteiger partial charge in [-0.2, -0.15) is 0 Å². The number of ether oxygens (including phenoxy) is 2. The minimum absolute atomic E-state index is 0.160. The molecule has 1 aliphatic heterocycles. The summed E-state index contributed by atoms with van der Waals surface area (Å²) in [6, 6.07) is 5.71. The fourth-order valence-corrected chi connectivity index (χ4v) is 4.23. The van der Waals surface area contributed by atoms with E-state index < -0.39 is 11.4 Å². The van der Waals surface area contributed by atoms with Crippen LogP contribution in [0.15, 0.2) is 18.2 Å². The maximum atomic E-state index is 12.2. The Kier molecular flexibility index (Phi) is 5.52. The van der Waals surface area contributed by atoms with Crippen LogP contribution in [0.1, 0.15) is 50.5 Å². The molecule has 1 aliphatic carbocycles. The third kappa shape index (κ3) is 3.61. The molecule has 5 heteroatoms. The van der Waals surface area contributed by atoms with Crippen molar-refractivity contribution in [2.45, 2.75) is 56.5 Å². The lowest BCUT2D eigenvalue weighted by Crippen LogP contribution is -2.38. The molecule has 138 valence electrons. The second-order valence-corrected chi connectivity index (χ2v) is 7.41. The zero-order valence-electron chi connectivity index (χ0n) is 15.3. The van der Waals surface area contributed by atoms with Crippen LogP contribution >= 0.6 is 0 Å². The standard InChI is InChI=1S/C20H29NO4/c1-21-13-9-15(10-14-21)25-17-8-6-7-16(18(17)24-2)20(19(22)23)11-4-3-5-12-20/h6-8,15H,3-5,9-14H2,1-2H3,(H,22,23). The van der Waals surface area contributed by atoms with Gasteiger partial charge in [-0.15, -0.1) is 0 Å². The molecule has 1 saturated heterocycles. The van der Waals surface area contributed by atoms with Gasteiger partial charge in [0.15, 0.2) is 11.5 Å². The van der Waals surface area contributed by atoms with Gasteiger partial charge in [-0.25, -0.2) is 0 Å². The second kappa shape index (κ2) is 7.65.